The first-order valence-electron chi connectivity index (χ1n) is 7.72. The summed E-state index contributed by atoms with van der Waals surface area (Å²) in [5.41, 5.74) is 5.67. The number of benzene rings is 1. The second-order valence-corrected chi connectivity index (χ2v) is 6.13. The van der Waals surface area contributed by atoms with Crippen LogP contribution in [0.4, 0.5) is 13.2 Å². The van der Waals surface area contributed by atoms with E-state index in [0.717, 1.165) is 0 Å². The largest absolute Gasteiger partial charge is 0.573 e. The maximum atomic E-state index is 12.6. The van der Waals surface area contributed by atoms with Crippen LogP contribution in [0.1, 0.15) is 30.7 Å². The highest BCUT2D eigenvalue weighted by Gasteiger charge is 2.49. The predicted molar refractivity (Wildman–Crippen MR) is 77.9 cm³/mol. The van der Waals surface area contributed by atoms with Crippen LogP contribution in [0.5, 0.6) is 5.75 Å². The van der Waals surface area contributed by atoms with Crippen LogP contribution < -0.4 is 10.5 Å². The second kappa shape index (κ2) is 5.99. The van der Waals surface area contributed by atoms with Gasteiger partial charge in [0.05, 0.1) is 0 Å². The number of primary amides is 1. The van der Waals surface area contributed by atoms with Gasteiger partial charge in [-0.25, -0.2) is 0 Å². The van der Waals surface area contributed by atoms with Gasteiger partial charge in [-0.15, -0.1) is 13.2 Å². The third-order valence-electron chi connectivity index (χ3n) is 4.52. The lowest BCUT2D eigenvalue weighted by atomic mass is 10.1. The van der Waals surface area contributed by atoms with Gasteiger partial charge in [0.2, 0.25) is 11.8 Å². The maximum absolute atomic E-state index is 12.6. The third-order valence-corrected chi connectivity index (χ3v) is 4.52. The van der Waals surface area contributed by atoms with Crippen LogP contribution in [-0.4, -0.2) is 35.7 Å². The van der Waals surface area contributed by atoms with Crippen LogP contribution in [-0.2, 0) is 9.59 Å². The van der Waals surface area contributed by atoms with E-state index in [1.54, 1.807) is 6.07 Å². The van der Waals surface area contributed by atoms with Gasteiger partial charge in [0.15, 0.2) is 0 Å². The molecule has 5 nitrogen and oxygen atoms in total. The molecule has 1 aromatic carbocycles. The smallest absolute Gasteiger partial charge is 0.405 e. The van der Waals surface area contributed by atoms with E-state index in [2.05, 4.69) is 4.74 Å². The van der Waals surface area contributed by atoms with Crippen molar-refractivity contribution in [1.29, 1.82) is 0 Å². The molecule has 1 aliphatic heterocycles. The Hall–Kier alpha value is -2.25. The number of nitrogens with two attached hydrogens (primary N) is 1. The average Bonchev–Trinajstić information content (AvgIpc) is 3.12. The van der Waals surface area contributed by atoms with E-state index in [0.29, 0.717) is 31.4 Å². The molecule has 24 heavy (non-hydrogen) atoms. The molecule has 2 aliphatic rings. The van der Waals surface area contributed by atoms with Crippen molar-refractivity contribution in [2.45, 2.75) is 37.6 Å². The number of hydrogen-bond donors (Lipinski definition) is 1. The lowest BCUT2D eigenvalue weighted by molar-refractivity contribution is -0.274. The number of hydrogen-bond acceptors (Lipinski definition) is 3. The van der Waals surface area contributed by atoms with E-state index >= 15 is 0 Å². The van der Waals surface area contributed by atoms with Crippen molar-refractivity contribution in [3.63, 3.8) is 0 Å². The number of ether oxygens (including phenoxy) is 1. The second-order valence-electron chi connectivity index (χ2n) is 6.13. The van der Waals surface area contributed by atoms with E-state index < -0.39 is 24.2 Å². The number of alkyl halides is 3. The minimum Gasteiger partial charge on any atom is -0.405 e. The van der Waals surface area contributed by atoms with Gasteiger partial charge in [-0.3, -0.25) is 9.59 Å². The van der Waals surface area contributed by atoms with Crippen LogP contribution in [0.3, 0.4) is 0 Å². The highest BCUT2D eigenvalue weighted by atomic mass is 19.4. The van der Waals surface area contributed by atoms with Crippen molar-refractivity contribution in [2.24, 2.45) is 11.7 Å². The normalized spacial score (nSPS) is 26.3. The van der Waals surface area contributed by atoms with Crippen molar-refractivity contribution in [2.75, 3.05) is 6.54 Å². The molecule has 0 unspecified atom stereocenters. The number of para-hydroxylation sites is 1. The summed E-state index contributed by atoms with van der Waals surface area (Å²) in [5, 5.41) is 0. The van der Waals surface area contributed by atoms with Crippen LogP contribution >= 0.6 is 0 Å². The first-order valence-corrected chi connectivity index (χ1v) is 7.72. The summed E-state index contributed by atoms with van der Waals surface area (Å²) in [6, 6.07) is 5.23. The highest BCUT2D eigenvalue weighted by molar-refractivity contribution is 5.90. The Morgan fingerprint density at radius 1 is 1.25 bits per heavy atom. The number of carbonyl (C=O) groups excluding carboxylic acids is 2. The van der Waals surface area contributed by atoms with Crippen molar-refractivity contribution < 1.29 is 27.5 Å². The summed E-state index contributed by atoms with van der Waals surface area (Å²) in [6.45, 7) is 0.455. The lowest BCUT2D eigenvalue weighted by Crippen LogP contribution is -2.44. The van der Waals surface area contributed by atoms with Gasteiger partial charge in [0, 0.05) is 12.5 Å². The lowest BCUT2D eigenvalue weighted by Gasteiger charge is -2.22. The summed E-state index contributed by atoms with van der Waals surface area (Å²) < 4.78 is 41.5. The average molecular weight is 342 g/mol. The molecule has 2 N–H and O–H groups in total. The fourth-order valence-electron chi connectivity index (χ4n) is 3.36. The van der Waals surface area contributed by atoms with Crippen molar-refractivity contribution in [3.8, 4) is 5.75 Å². The monoisotopic (exact) mass is 342 g/mol. The molecular formula is C16H17F3N2O3. The molecule has 3 atom stereocenters. The fraction of sp³-hybridized carbons (Fsp3) is 0.500. The third kappa shape index (κ3) is 3.32. The highest BCUT2D eigenvalue weighted by Crippen LogP contribution is 2.52. The zero-order chi connectivity index (χ0) is 17.5. The van der Waals surface area contributed by atoms with E-state index in [4.69, 9.17) is 5.73 Å². The molecule has 3 rings (SSSR count). The number of halogens is 3. The molecule has 0 radical (unpaired) electrons. The van der Waals surface area contributed by atoms with Crippen molar-refractivity contribution in [1.82, 2.24) is 4.90 Å². The Kier molecular flexibility index (Phi) is 4.15. The minimum absolute atomic E-state index is 0.219. The van der Waals surface area contributed by atoms with Gasteiger partial charge in [0.25, 0.3) is 0 Å². The Morgan fingerprint density at radius 3 is 2.62 bits per heavy atom. The molecule has 1 aliphatic carbocycles. The summed E-state index contributed by atoms with van der Waals surface area (Å²) in [4.78, 5) is 25.4. The van der Waals surface area contributed by atoms with E-state index in [1.165, 1.54) is 23.1 Å². The zero-order valence-electron chi connectivity index (χ0n) is 12.8. The molecule has 0 spiro atoms. The van der Waals surface area contributed by atoms with E-state index in [1.807, 2.05) is 0 Å². The summed E-state index contributed by atoms with van der Waals surface area (Å²) in [6.07, 6.45) is -3.10. The van der Waals surface area contributed by atoms with Crippen LogP contribution in [0.2, 0.25) is 0 Å². The SMILES string of the molecule is NC(=O)[C@H]1CCCN1C(=O)[C@H]1C[C@H]1c1ccccc1OC(F)(F)F. The molecule has 2 amide bonds. The van der Waals surface area contributed by atoms with Gasteiger partial charge >= 0.3 is 6.36 Å². The summed E-state index contributed by atoms with van der Waals surface area (Å²) in [5.74, 6) is -1.80. The molecule has 0 bridgehead atoms. The molecule has 130 valence electrons. The molecule has 1 aromatic rings. The zero-order valence-corrected chi connectivity index (χ0v) is 12.8. The van der Waals surface area contributed by atoms with Crippen LogP contribution in [0.25, 0.3) is 0 Å². The molecule has 1 heterocycles. The quantitative estimate of drug-likeness (QED) is 0.911. The van der Waals surface area contributed by atoms with Gasteiger partial charge in [-0.1, -0.05) is 18.2 Å². The van der Waals surface area contributed by atoms with Crippen molar-refractivity contribution >= 4 is 11.8 Å². The van der Waals surface area contributed by atoms with Crippen LogP contribution in [0, 0.1) is 5.92 Å². The molecule has 0 aromatic heterocycles. The molecule has 1 saturated carbocycles. The topological polar surface area (TPSA) is 72.6 Å². The Balaban J connectivity index is 1.74. The number of amides is 2. The molecule has 8 heteroatoms. The number of rotatable bonds is 4. The molecular weight excluding hydrogens is 325 g/mol. The van der Waals surface area contributed by atoms with Gasteiger partial charge < -0.3 is 15.4 Å². The van der Waals surface area contributed by atoms with Gasteiger partial charge in [-0.05, 0) is 36.8 Å². The minimum atomic E-state index is -4.78. The summed E-state index contributed by atoms with van der Waals surface area (Å²) in [7, 11) is 0. The fourth-order valence-corrected chi connectivity index (χ4v) is 3.36. The predicted octanol–water partition coefficient (Wildman–Crippen LogP) is 2.17. The Morgan fingerprint density at radius 2 is 1.96 bits per heavy atom. The number of likely N-dealkylation sites (tertiary alicyclic amines) is 1. The number of nitrogens with zero attached hydrogens (tertiary/aromatic N) is 1. The molecule has 1 saturated heterocycles. The van der Waals surface area contributed by atoms with E-state index in [9.17, 15) is 22.8 Å². The first-order chi connectivity index (χ1) is 11.3. The molecule has 2 fully saturated rings. The maximum Gasteiger partial charge on any atom is 0.573 e. The van der Waals surface area contributed by atoms with Gasteiger partial charge in [-0.2, -0.15) is 0 Å². The Labute approximate surface area is 136 Å². The van der Waals surface area contributed by atoms with Gasteiger partial charge in [0.1, 0.15) is 11.8 Å². The standard InChI is InChI=1S/C16H17F3N2O3/c17-16(18,19)24-13-6-2-1-4-9(13)10-8-11(10)15(23)21-7-3-5-12(21)14(20)22/h1-2,4,6,10-12H,3,5,7-8H2,(H2,20,22)/t10-,11-,12+/m0/s1. The van der Waals surface area contributed by atoms with Crippen LogP contribution in [0.15, 0.2) is 24.3 Å². The first kappa shape index (κ1) is 16.6. The van der Waals surface area contributed by atoms with Crippen molar-refractivity contribution in [3.05, 3.63) is 29.8 Å². The van der Waals surface area contributed by atoms with E-state index in [-0.39, 0.29) is 17.6 Å². The Bertz CT molecular complexity index is 662. The summed E-state index contributed by atoms with van der Waals surface area (Å²) >= 11 is 0. The number of carbonyl (C=O) groups is 2.